The minimum absolute atomic E-state index is 0.0310. The summed E-state index contributed by atoms with van der Waals surface area (Å²) in [6.07, 6.45) is 0. The number of hydrogen-bond donors (Lipinski definition) is 1. The molecule has 0 radical (unpaired) electrons. The molecule has 0 aliphatic carbocycles. The van der Waals surface area contributed by atoms with Crippen molar-refractivity contribution >= 4 is 11.9 Å². The molecule has 2 unspecified atom stereocenters. The number of urea groups is 1. The van der Waals surface area contributed by atoms with E-state index in [-0.39, 0.29) is 29.3 Å². The van der Waals surface area contributed by atoms with Gasteiger partial charge >= 0.3 is 6.03 Å². The highest BCUT2D eigenvalue weighted by Gasteiger charge is 2.43. The molecule has 1 aromatic carbocycles. The van der Waals surface area contributed by atoms with Crippen LogP contribution in [0.5, 0.6) is 11.5 Å². The maximum absolute atomic E-state index is 13.1. The highest BCUT2D eigenvalue weighted by atomic mass is 16.5. The van der Waals surface area contributed by atoms with Crippen molar-refractivity contribution in [3.8, 4) is 11.5 Å². The lowest BCUT2D eigenvalue weighted by molar-refractivity contribution is -0.133. The molecule has 156 valence electrons. The van der Waals surface area contributed by atoms with E-state index in [1.54, 1.807) is 31.1 Å². The van der Waals surface area contributed by atoms with Gasteiger partial charge in [0.25, 0.3) is 0 Å². The summed E-state index contributed by atoms with van der Waals surface area (Å²) in [5.74, 6) is 0.918. The van der Waals surface area contributed by atoms with Gasteiger partial charge in [0.1, 0.15) is 11.5 Å². The summed E-state index contributed by atoms with van der Waals surface area (Å²) in [4.78, 5) is 29.2. The molecule has 1 aliphatic heterocycles. The van der Waals surface area contributed by atoms with Crippen LogP contribution in [0, 0.1) is 5.92 Å². The standard InChI is InChI=1S/C21H33N3O4/c1-8-23(5)19(25)17-13-24(20(26)22-21(2,3)4)12-16(17)15-11-14(27-6)9-10-18(15)28-7/h9-11,16-17H,8,12-13H2,1-7H3,(H,22,26). The Balaban J connectivity index is 2.41. The molecule has 1 aromatic rings. The first kappa shape index (κ1) is 21.9. The molecule has 3 amide bonds. The van der Waals surface area contributed by atoms with Crippen molar-refractivity contribution in [2.24, 2.45) is 5.92 Å². The molecule has 1 aliphatic rings. The predicted molar refractivity (Wildman–Crippen MR) is 109 cm³/mol. The number of rotatable bonds is 5. The van der Waals surface area contributed by atoms with E-state index >= 15 is 0 Å². The minimum Gasteiger partial charge on any atom is -0.497 e. The van der Waals surface area contributed by atoms with E-state index in [1.165, 1.54) is 0 Å². The van der Waals surface area contributed by atoms with Gasteiger partial charge in [-0.25, -0.2) is 4.79 Å². The van der Waals surface area contributed by atoms with Gasteiger partial charge in [-0.1, -0.05) is 0 Å². The Kier molecular flexibility index (Phi) is 6.80. The van der Waals surface area contributed by atoms with Gasteiger partial charge in [-0.05, 0) is 45.9 Å². The number of amides is 3. The first-order chi connectivity index (χ1) is 13.1. The van der Waals surface area contributed by atoms with E-state index in [4.69, 9.17) is 9.47 Å². The van der Waals surface area contributed by atoms with Crippen LogP contribution in [0.4, 0.5) is 4.79 Å². The van der Waals surface area contributed by atoms with E-state index in [0.717, 1.165) is 5.56 Å². The van der Waals surface area contributed by atoms with E-state index in [0.29, 0.717) is 31.1 Å². The third kappa shape index (κ3) is 4.88. The van der Waals surface area contributed by atoms with E-state index in [9.17, 15) is 9.59 Å². The predicted octanol–water partition coefficient (Wildman–Crippen LogP) is 2.71. The van der Waals surface area contributed by atoms with Gasteiger partial charge in [-0.3, -0.25) is 4.79 Å². The van der Waals surface area contributed by atoms with E-state index in [1.807, 2.05) is 45.9 Å². The number of methoxy groups -OCH3 is 2. The van der Waals surface area contributed by atoms with Gasteiger partial charge in [0.2, 0.25) is 5.91 Å². The summed E-state index contributed by atoms with van der Waals surface area (Å²) in [6, 6.07) is 5.42. The molecule has 1 N–H and O–H groups in total. The summed E-state index contributed by atoms with van der Waals surface area (Å²) >= 11 is 0. The quantitative estimate of drug-likeness (QED) is 0.838. The molecule has 0 saturated carbocycles. The van der Waals surface area contributed by atoms with Crippen LogP contribution in [0.1, 0.15) is 39.2 Å². The van der Waals surface area contributed by atoms with Crippen LogP contribution >= 0.6 is 0 Å². The summed E-state index contributed by atoms with van der Waals surface area (Å²) in [6.45, 7) is 9.20. The summed E-state index contributed by atoms with van der Waals surface area (Å²) in [5, 5.41) is 2.99. The number of carbonyl (C=O) groups excluding carboxylic acids is 2. The maximum atomic E-state index is 13.1. The Labute approximate surface area is 168 Å². The van der Waals surface area contributed by atoms with Gasteiger partial charge in [0.15, 0.2) is 0 Å². The normalized spacial score (nSPS) is 19.3. The number of carbonyl (C=O) groups is 2. The van der Waals surface area contributed by atoms with E-state index < -0.39 is 0 Å². The summed E-state index contributed by atoms with van der Waals surface area (Å²) < 4.78 is 10.9. The average Bonchev–Trinajstić information content (AvgIpc) is 3.10. The average molecular weight is 392 g/mol. The zero-order chi connectivity index (χ0) is 21.1. The number of nitrogens with zero attached hydrogens (tertiary/aromatic N) is 2. The third-order valence-electron chi connectivity index (χ3n) is 5.09. The highest BCUT2D eigenvalue weighted by molar-refractivity contribution is 5.83. The Bertz CT molecular complexity index is 714. The van der Waals surface area contributed by atoms with Crippen LogP contribution in [0.2, 0.25) is 0 Å². The van der Waals surface area contributed by atoms with Crippen LogP contribution in [0.3, 0.4) is 0 Å². The minimum atomic E-state index is -0.345. The largest absolute Gasteiger partial charge is 0.497 e. The molecule has 28 heavy (non-hydrogen) atoms. The second-order valence-electron chi connectivity index (χ2n) is 8.26. The number of ether oxygens (including phenoxy) is 2. The molecule has 2 rings (SSSR count). The van der Waals surface area contributed by atoms with Crippen LogP contribution in [0.15, 0.2) is 18.2 Å². The molecule has 1 fully saturated rings. The zero-order valence-electron chi connectivity index (χ0n) is 18.0. The number of benzene rings is 1. The van der Waals surface area contributed by atoms with E-state index in [2.05, 4.69) is 5.32 Å². The first-order valence-corrected chi connectivity index (χ1v) is 9.65. The van der Waals surface area contributed by atoms with Crippen molar-refractivity contribution in [3.63, 3.8) is 0 Å². The second-order valence-corrected chi connectivity index (χ2v) is 8.26. The van der Waals surface area contributed by atoms with Crippen molar-refractivity contribution in [1.29, 1.82) is 0 Å². The van der Waals surface area contributed by atoms with Crippen molar-refractivity contribution in [2.45, 2.75) is 39.2 Å². The maximum Gasteiger partial charge on any atom is 0.317 e. The molecule has 0 bridgehead atoms. The van der Waals surface area contributed by atoms with Crippen molar-refractivity contribution in [2.75, 3.05) is 40.9 Å². The molecule has 1 heterocycles. The van der Waals surface area contributed by atoms with Gasteiger partial charge in [-0.2, -0.15) is 0 Å². The first-order valence-electron chi connectivity index (χ1n) is 9.65. The Morgan fingerprint density at radius 3 is 2.43 bits per heavy atom. The zero-order valence-corrected chi connectivity index (χ0v) is 18.0. The van der Waals surface area contributed by atoms with Crippen LogP contribution < -0.4 is 14.8 Å². The fraction of sp³-hybridized carbons (Fsp3) is 0.619. The topological polar surface area (TPSA) is 71.1 Å². The molecule has 7 heteroatoms. The molecule has 0 spiro atoms. The fourth-order valence-electron chi connectivity index (χ4n) is 3.50. The summed E-state index contributed by atoms with van der Waals surface area (Å²) in [5.41, 5.74) is 0.540. The SMILES string of the molecule is CCN(C)C(=O)C1CN(C(=O)NC(C)(C)C)CC1c1cc(OC)ccc1OC. The molecule has 7 nitrogen and oxygen atoms in total. The van der Waals surface area contributed by atoms with Gasteiger partial charge < -0.3 is 24.6 Å². The Morgan fingerprint density at radius 1 is 1.21 bits per heavy atom. The lowest BCUT2D eigenvalue weighted by Crippen LogP contribution is -2.48. The fourth-order valence-corrected chi connectivity index (χ4v) is 3.50. The van der Waals surface area contributed by atoms with Gasteiger partial charge in [0.05, 0.1) is 20.1 Å². The molecular weight excluding hydrogens is 358 g/mol. The smallest absolute Gasteiger partial charge is 0.317 e. The molecule has 1 saturated heterocycles. The highest BCUT2D eigenvalue weighted by Crippen LogP contribution is 2.40. The van der Waals surface area contributed by atoms with Crippen LogP contribution in [-0.4, -0.2) is 68.2 Å². The van der Waals surface area contributed by atoms with Gasteiger partial charge in [0, 0.05) is 43.7 Å². The van der Waals surface area contributed by atoms with Gasteiger partial charge in [-0.15, -0.1) is 0 Å². The number of hydrogen-bond acceptors (Lipinski definition) is 4. The molecule has 2 atom stereocenters. The van der Waals surface area contributed by atoms with Crippen molar-refractivity contribution < 1.29 is 19.1 Å². The monoisotopic (exact) mass is 391 g/mol. The summed E-state index contributed by atoms with van der Waals surface area (Å²) in [7, 11) is 5.01. The molecule has 0 aromatic heterocycles. The lowest BCUT2D eigenvalue weighted by atomic mass is 9.87. The number of nitrogens with one attached hydrogen (secondary N) is 1. The van der Waals surface area contributed by atoms with Crippen molar-refractivity contribution in [3.05, 3.63) is 23.8 Å². The second kappa shape index (κ2) is 8.71. The Morgan fingerprint density at radius 2 is 1.89 bits per heavy atom. The number of likely N-dealkylation sites (tertiary alicyclic amines) is 1. The lowest BCUT2D eigenvalue weighted by Gasteiger charge is -2.25. The Hall–Kier alpha value is -2.44. The third-order valence-corrected chi connectivity index (χ3v) is 5.09. The molecular formula is C21H33N3O4. The van der Waals surface area contributed by atoms with Crippen LogP contribution in [-0.2, 0) is 4.79 Å². The van der Waals surface area contributed by atoms with Crippen LogP contribution in [0.25, 0.3) is 0 Å². The van der Waals surface area contributed by atoms with Crippen molar-refractivity contribution in [1.82, 2.24) is 15.1 Å².